The molecule has 1 saturated heterocycles. The lowest BCUT2D eigenvalue weighted by molar-refractivity contribution is -0.237. The highest BCUT2D eigenvalue weighted by Gasteiger charge is 2.64. The molecule has 0 radical (unpaired) electrons. The van der Waals surface area contributed by atoms with Gasteiger partial charge in [0.1, 0.15) is 5.75 Å². The Bertz CT molecular complexity index is 736. The Kier molecular flexibility index (Phi) is 3.74. The molecule has 1 aromatic rings. The van der Waals surface area contributed by atoms with Gasteiger partial charge in [0.15, 0.2) is 5.79 Å². The van der Waals surface area contributed by atoms with E-state index in [1.54, 1.807) is 0 Å². The Morgan fingerprint density at radius 2 is 1.96 bits per heavy atom. The molecule has 4 unspecified atom stereocenters. The molecule has 26 heavy (non-hydrogen) atoms. The largest absolute Gasteiger partial charge is 0.427 e. The van der Waals surface area contributed by atoms with Crippen LogP contribution < -0.4 is 4.74 Å². The maximum absolute atomic E-state index is 11.2. The molecule has 1 spiro atoms. The summed E-state index contributed by atoms with van der Waals surface area (Å²) >= 11 is 0. The van der Waals surface area contributed by atoms with Crippen molar-refractivity contribution in [1.29, 1.82) is 0 Å². The molecule has 4 aliphatic rings. The summed E-state index contributed by atoms with van der Waals surface area (Å²) in [6.45, 7) is 5.38. The van der Waals surface area contributed by atoms with E-state index in [1.165, 1.54) is 43.7 Å². The third-order valence-corrected chi connectivity index (χ3v) is 7.76. The van der Waals surface area contributed by atoms with Crippen molar-refractivity contribution in [2.75, 3.05) is 13.2 Å². The number of aryl methyl sites for hydroxylation is 1. The fraction of sp³-hybridized carbons (Fsp3) is 0.682. The summed E-state index contributed by atoms with van der Waals surface area (Å²) in [5, 5.41) is 0. The summed E-state index contributed by atoms with van der Waals surface area (Å²) in [7, 11) is 0. The molecule has 1 aromatic carbocycles. The van der Waals surface area contributed by atoms with E-state index in [0.29, 0.717) is 23.5 Å². The second-order valence-electron chi connectivity index (χ2n) is 8.81. The van der Waals surface area contributed by atoms with Crippen LogP contribution in [0.4, 0.5) is 0 Å². The van der Waals surface area contributed by atoms with E-state index in [2.05, 4.69) is 19.1 Å². The minimum absolute atomic E-state index is 0.153. The first-order valence-corrected chi connectivity index (χ1v) is 10.1. The van der Waals surface area contributed by atoms with E-state index in [0.717, 1.165) is 26.1 Å². The fourth-order valence-electron chi connectivity index (χ4n) is 6.67. The molecule has 0 amide bonds. The van der Waals surface area contributed by atoms with Gasteiger partial charge >= 0.3 is 5.97 Å². The van der Waals surface area contributed by atoms with E-state index in [9.17, 15) is 4.79 Å². The summed E-state index contributed by atoms with van der Waals surface area (Å²) < 4.78 is 17.7. The van der Waals surface area contributed by atoms with Gasteiger partial charge in [-0.1, -0.05) is 13.0 Å². The zero-order chi connectivity index (χ0) is 17.9. The van der Waals surface area contributed by atoms with Crippen molar-refractivity contribution in [3.8, 4) is 5.75 Å². The summed E-state index contributed by atoms with van der Waals surface area (Å²) in [6.07, 6.45) is 6.94. The minimum Gasteiger partial charge on any atom is -0.427 e. The van der Waals surface area contributed by atoms with Crippen LogP contribution in [0.25, 0.3) is 0 Å². The lowest BCUT2D eigenvalue weighted by atomic mass is 9.55. The topological polar surface area (TPSA) is 44.8 Å². The van der Waals surface area contributed by atoms with Crippen molar-refractivity contribution in [2.24, 2.45) is 17.3 Å². The molecule has 140 valence electrons. The Morgan fingerprint density at radius 1 is 1.15 bits per heavy atom. The van der Waals surface area contributed by atoms with Crippen LogP contribution in [-0.2, 0) is 20.7 Å². The first-order chi connectivity index (χ1) is 12.5. The van der Waals surface area contributed by atoms with Gasteiger partial charge in [0.05, 0.1) is 13.2 Å². The predicted octanol–water partition coefficient (Wildman–Crippen LogP) is 4.21. The van der Waals surface area contributed by atoms with Gasteiger partial charge in [-0.25, -0.2) is 0 Å². The van der Waals surface area contributed by atoms with Gasteiger partial charge in [0.25, 0.3) is 0 Å². The molecule has 0 bridgehead atoms. The zero-order valence-corrected chi connectivity index (χ0v) is 15.8. The first-order valence-electron chi connectivity index (χ1n) is 10.1. The standard InChI is InChI=1S/C22H28O4/c1-14(23)26-16-4-6-17-15(13-16)3-5-19-18(17)7-9-21(2)20(19)8-10-22(21)24-11-12-25-22/h4,6,13,18-20H,3,5,7-12H2,1-2H3. The predicted molar refractivity (Wildman–Crippen MR) is 97.0 cm³/mol. The minimum atomic E-state index is -0.317. The summed E-state index contributed by atoms with van der Waals surface area (Å²) in [5.74, 6) is 2.14. The average molecular weight is 356 g/mol. The SMILES string of the molecule is CC(=O)Oc1ccc2c(c1)CCC1C2CCC2(C)C1CCC21OCCO1. The van der Waals surface area contributed by atoms with Crippen LogP contribution in [0, 0.1) is 17.3 Å². The molecule has 0 N–H and O–H groups in total. The number of hydrogen-bond acceptors (Lipinski definition) is 4. The molecule has 1 aliphatic heterocycles. The normalized spacial score (nSPS) is 37.1. The van der Waals surface area contributed by atoms with E-state index >= 15 is 0 Å². The van der Waals surface area contributed by atoms with Crippen LogP contribution in [-0.4, -0.2) is 25.0 Å². The van der Waals surface area contributed by atoms with Crippen LogP contribution >= 0.6 is 0 Å². The lowest BCUT2D eigenvalue weighted by Gasteiger charge is -2.52. The monoisotopic (exact) mass is 356 g/mol. The Morgan fingerprint density at radius 3 is 2.73 bits per heavy atom. The van der Waals surface area contributed by atoms with E-state index in [4.69, 9.17) is 14.2 Å². The maximum Gasteiger partial charge on any atom is 0.308 e. The van der Waals surface area contributed by atoms with E-state index < -0.39 is 0 Å². The van der Waals surface area contributed by atoms with Crippen LogP contribution in [0.15, 0.2) is 18.2 Å². The Labute approximate surface area is 155 Å². The lowest BCUT2D eigenvalue weighted by Crippen LogP contribution is -2.51. The smallest absolute Gasteiger partial charge is 0.308 e. The van der Waals surface area contributed by atoms with Crippen LogP contribution in [0.5, 0.6) is 5.75 Å². The van der Waals surface area contributed by atoms with Crippen LogP contribution in [0.2, 0.25) is 0 Å². The number of carbonyl (C=O) groups excluding carboxylic acids is 1. The molecule has 0 aromatic heterocycles. The molecule has 4 atom stereocenters. The van der Waals surface area contributed by atoms with Gasteiger partial charge in [0, 0.05) is 18.8 Å². The number of esters is 1. The molecule has 4 heteroatoms. The highest BCUT2D eigenvalue weighted by atomic mass is 16.7. The summed E-state index contributed by atoms with van der Waals surface area (Å²) in [4.78, 5) is 11.2. The highest BCUT2D eigenvalue weighted by molar-refractivity contribution is 5.69. The molecule has 3 aliphatic carbocycles. The molecular formula is C22H28O4. The number of hydrogen-bond donors (Lipinski definition) is 0. The number of benzene rings is 1. The number of ether oxygens (including phenoxy) is 3. The van der Waals surface area contributed by atoms with Crippen molar-refractivity contribution in [2.45, 2.75) is 64.1 Å². The van der Waals surface area contributed by atoms with Crippen molar-refractivity contribution >= 4 is 5.97 Å². The Hall–Kier alpha value is -1.39. The number of carbonyl (C=O) groups is 1. The second kappa shape index (κ2) is 5.80. The molecule has 1 heterocycles. The van der Waals surface area contributed by atoms with Crippen molar-refractivity contribution in [3.63, 3.8) is 0 Å². The van der Waals surface area contributed by atoms with Gasteiger partial charge in [-0.3, -0.25) is 4.79 Å². The fourth-order valence-corrected chi connectivity index (χ4v) is 6.67. The maximum atomic E-state index is 11.2. The molecule has 4 nitrogen and oxygen atoms in total. The number of rotatable bonds is 1. The second-order valence-corrected chi connectivity index (χ2v) is 8.81. The third-order valence-electron chi connectivity index (χ3n) is 7.76. The average Bonchev–Trinajstić information content (AvgIpc) is 3.21. The Balaban J connectivity index is 1.44. The van der Waals surface area contributed by atoms with Crippen LogP contribution in [0.1, 0.15) is 63.0 Å². The summed E-state index contributed by atoms with van der Waals surface area (Å²) in [6, 6.07) is 6.26. The molecular weight excluding hydrogens is 328 g/mol. The third kappa shape index (κ3) is 2.24. The van der Waals surface area contributed by atoms with Crippen molar-refractivity contribution < 1.29 is 19.0 Å². The van der Waals surface area contributed by atoms with Gasteiger partial charge in [0.2, 0.25) is 0 Å². The molecule has 3 fully saturated rings. The van der Waals surface area contributed by atoms with Gasteiger partial charge in [-0.2, -0.15) is 0 Å². The van der Waals surface area contributed by atoms with Gasteiger partial charge in [-0.15, -0.1) is 0 Å². The van der Waals surface area contributed by atoms with Gasteiger partial charge in [-0.05, 0) is 73.1 Å². The zero-order valence-electron chi connectivity index (χ0n) is 15.8. The first kappa shape index (κ1) is 16.8. The number of fused-ring (bicyclic) bond motifs is 6. The van der Waals surface area contributed by atoms with Gasteiger partial charge < -0.3 is 14.2 Å². The van der Waals surface area contributed by atoms with E-state index in [1.807, 2.05) is 6.07 Å². The summed E-state index contributed by atoms with van der Waals surface area (Å²) in [5.41, 5.74) is 3.00. The quantitative estimate of drug-likeness (QED) is 0.558. The highest BCUT2D eigenvalue weighted by Crippen LogP contribution is 2.66. The van der Waals surface area contributed by atoms with Crippen LogP contribution in [0.3, 0.4) is 0 Å². The van der Waals surface area contributed by atoms with Crippen molar-refractivity contribution in [3.05, 3.63) is 29.3 Å². The van der Waals surface area contributed by atoms with E-state index in [-0.39, 0.29) is 17.2 Å². The molecule has 2 saturated carbocycles. The van der Waals surface area contributed by atoms with Crippen molar-refractivity contribution in [1.82, 2.24) is 0 Å². The molecule has 5 rings (SSSR count).